The Balaban J connectivity index is 1.89. The molecule has 160 valence electrons. The van der Waals surface area contributed by atoms with Crippen LogP contribution < -0.4 is 14.9 Å². The molecule has 0 saturated carbocycles. The smallest absolute Gasteiger partial charge is 0.235 e. The summed E-state index contributed by atoms with van der Waals surface area (Å²) in [5.74, 6) is 0.277. The van der Waals surface area contributed by atoms with Crippen molar-refractivity contribution in [2.45, 2.75) is 39.7 Å². The molecule has 3 aromatic rings. The van der Waals surface area contributed by atoms with Crippen LogP contribution in [-0.2, 0) is 6.42 Å². The van der Waals surface area contributed by atoms with Crippen LogP contribution >= 0.6 is 0 Å². The maximum atomic E-state index is 13.2. The molecule has 1 aliphatic heterocycles. The van der Waals surface area contributed by atoms with Crippen LogP contribution in [0.5, 0.6) is 28.7 Å². The molecule has 0 radical (unpaired) electrons. The SMILES string of the molecule is CC(C)=CCc1c2c(cc3c(=O)c(Oc4ccc(O)cc4O)coc13)C=CC(C)(C)O2. The van der Waals surface area contributed by atoms with E-state index in [2.05, 4.69) is 6.08 Å². The normalized spacial score (nSPS) is 14.1. The molecule has 2 N–H and O–H groups in total. The Morgan fingerprint density at radius 2 is 1.94 bits per heavy atom. The first-order chi connectivity index (χ1) is 14.6. The van der Waals surface area contributed by atoms with Crippen LogP contribution in [0.1, 0.15) is 38.8 Å². The van der Waals surface area contributed by atoms with Gasteiger partial charge >= 0.3 is 0 Å². The van der Waals surface area contributed by atoms with Crippen molar-refractivity contribution in [3.05, 3.63) is 69.6 Å². The van der Waals surface area contributed by atoms with E-state index in [9.17, 15) is 15.0 Å². The van der Waals surface area contributed by atoms with Crippen molar-refractivity contribution >= 4 is 17.0 Å². The summed E-state index contributed by atoms with van der Waals surface area (Å²) in [7, 11) is 0. The van der Waals surface area contributed by atoms with E-state index in [-0.39, 0.29) is 28.4 Å². The van der Waals surface area contributed by atoms with Crippen molar-refractivity contribution in [3.63, 3.8) is 0 Å². The third-order valence-corrected chi connectivity index (χ3v) is 5.01. The van der Waals surface area contributed by atoms with Gasteiger partial charge in [0.2, 0.25) is 11.2 Å². The van der Waals surface area contributed by atoms with Gasteiger partial charge in [-0.25, -0.2) is 0 Å². The van der Waals surface area contributed by atoms with Gasteiger partial charge in [0.25, 0.3) is 0 Å². The fraction of sp³-hybridized carbons (Fsp3) is 0.240. The van der Waals surface area contributed by atoms with Crippen LogP contribution in [0, 0.1) is 0 Å². The predicted molar refractivity (Wildman–Crippen MR) is 119 cm³/mol. The number of hydrogen-bond acceptors (Lipinski definition) is 6. The van der Waals surface area contributed by atoms with Crippen molar-refractivity contribution in [1.82, 2.24) is 0 Å². The van der Waals surface area contributed by atoms with Crippen LogP contribution in [0.4, 0.5) is 0 Å². The van der Waals surface area contributed by atoms with Gasteiger partial charge in [-0.2, -0.15) is 0 Å². The zero-order chi connectivity index (χ0) is 22.3. The van der Waals surface area contributed by atoms with Gasteiger partial charge in [0.1, 0.15) is 28.9 Å². The number of phenols is 2. The quantitative estimate of drug-likeness (QED) is 0.527. The molecule has 0 unspecified atom stereocenters. The Kier molecular flexibility index (Phi) is 5.01. The first-order valence-electron chi connectivity index (χ1n) is 9.97. The van der Waals surface area contributed by atoms with Crippen LogP contribution in [-0.4, -0.2) is 15.8 Å². The minimum absolute atomic E-state index is 0.0390. The first-order valence-corrected chi connectivity index (χ1v) is 9.97. The first kappa shape index (κ1) is 20.6. The number of hydrogen-bond donors (Lipinski definition) is 2. The molecule has 0 saturated heterocycles. The lowest BCUT2D eigenvalue weighted by molar-refractivity contribution is 0.157. The lowest BCUT2D eigenvalue weighted by Gasteiger charge is -2.29. The third-order valence-electron chi connectivity index (χ3n) is 5.01. The fourth-order valence-corrected chi connectivity index (χ4v) is 3.43. The molecule has 2 heterocycles. The second kappa shape index (κ2) is 7.54. The molecule has 1 aliphatic rings. The molecule has 0 amide bonds. The molecule has 0 aliphatic carbocycles. The number of rotatable bonds is 4. The van der Waals surface area contributed by atoms with Gasteiger partial charge in [0.15, 0.2) is 11.5 Å². The Bertz CT molecular complexity index is 1290. The maximum Gasteiger partial charge on any atom is 0.235 e. The number of ether oxygens (including phenoxy) is 2. The van der Waals surface area contributed by atoms with E-state index in [4.69, 9.17) is 13.9 Å². The van der Waals surface area contributed by atoms with Gasteiger partial charge in [-0.05, 0) is 58.4 Å². The average molecular weight is 420 g/mol. The summed E-state index contributed by atoms with van der Waals surface area (Å²) < 4.78 is 17.7. The van der Waals surface area contributed by atoms with Crippen molar-refractivity contribution in [2.75, 3.05) is 0 Å². The van der Waals surface area contributed by atoms with E-state index in [0.29, 0.717) is 23.1 Å². The van der Waals surface area contributed by atoms with E-state index in [0.717, 1.165) is 22.8 Å². The van der Waals surface area contributed by atoms with Gasteiger partial charge in [0.05, 0.1) is 5.39 Å². The van der Waals surface area contributed by atoms with E-state index >= 15 is 0 Å². The Morgan fingerprint density at radius 1 is 1.16 bits per heavy atom. The zero-order valence-electron chi connectivity index (χ0n) is 17.9. The molecule has 4 rings (SSSR count). The van der Waals surface area contributed by atoms with E-state index < -0.39 is 5.60 Å². The highest BCUT2D eigenvalue weighted by molar-refractivity contribution is 5.88. The second-order valence-corrected chi connectivity index (χ2v) is 8.36. The lowest BCUT2D eigenvalue weighted by Crippen LogP contribution is -2.28. The van der Waals surface area contributed by atoms with E-state index in [1.807, 2.05) is 39.8 Å². The zero-order valence-corrected chi connectivity index (χ0v) is 17.9. The van der Waals surface area contributed by atoms with E-state index in [1.54, 1.807) is 6.07 Å². The highest BCUT2D eigenvalue weighted by Crippen LogP contribution is 2.40. The highest BCUT2D eigenvalue weighted by Gasteiger charge is 2.27. The highest BCUT2D eigenvalue weighted by atomic mass is 16.5. The minimum Gasteiger partial charge on any atom is -0.508 e. The molecule has 0 spiro atoms. The van der Waals surface area contributed by atoms with Crippen molar-refractivity contribution < 1.29 is 24.1 Å². The average Bonchev–Trinajstić information content (AvgIpc) is 2.69. The molecule has 1 aromatic heterocycles. The van der Waals surface area contributed by atoms with Crippen LogP contribution in [0.2, 0.25) is 0 Å². The monoisotopic (exact) mass is 420 g/mol. The topological polar surface area (TPSA) is 89.1 Å². The second-order valence-electron chi connectivity index (χ2n) is 8.36. The molecular weight excluding hydrogens is 396 g/mol. The fourth-order valence-electron chi connectivity index (χ4n) is 3.43. The van der Waals surface area contributed by atoms with Gasteiger partial charge in [0, 0.05) is 17.2 Å². The summed E-state index contributed by atoms with van der Waals surface area (Å²) in [6.07, 6.45) is 7.74. The van der Waals surface area contributed by atoms with Gasteiger partial charge in [-0.1, -0.05) is 17.7 Å². The Hall–Kier alpha value is -3.67. The van der Waals surface area contributed by atoms with Crippen molar-refractivity contribution in [2.24, 2.45) is 0 Å². The molecular formula is C25H24O6. The Morgan fingerprint density at radius 3 is 2.65 bits per heavy atom. The van der Waals surface area contributed by atoms with Crippen LogP contribution in [0.15, 0.2) is 57.5 Å². The van der Waals surface area contributed by atoms with Crippen molar-refractivity contribution in [1.29, 1.82) is 0 Å². The largest absolute Gasteiger partial charge is 0.508 e. The number of fused-ring (bicyclic) bond motifs is 2. The summed E-state index contributed by atoms with van der Waals surface area (Å²) in [5, 5.41) is 19.8. The molecule has 6 nitrogen and oxygen atoms in total. The number of benzene rings is 2. The third kappa shape index (κ3) is 4.01. The molecule has 31 heavy (non-hydrogen) atoms. The minimum atomic E-state index is -0.472. The standard InChI is InChI=1S/C25H24O6/c1-14(2)5-7-17-23-15(9-10-25(3,4)31-23)11-18-22(28)21(13-29-24(17)18)30-20-8-6-16(26)12-19(20)27/h5-6,8-13,26-27H,7H2,1-4H3. The summed E-state index contributed by atoms with van der Waals surface area (Å²) in [6.45, 7) is 7.96. The molecule has 2 aromatic carbocycles. The maximum absolute atomic E-state index is 13.2. The summed E-state index contributed by atoms with van der Waals surface area (Å²) in [4.78, 5) is 13.2. The summed E-state index contributed by atoms with van der Waals surface area (Å²) >= 11 is 0. The number of aromatic hydroxyl groups is 2. The predicted octanol–water partition coefficient (Wildman–Crippen LogP) is 5.69. The number of phenolic OH excluding ortho intramolecular Hbond substituents is 2. The van der Waals surface area contributed by atoms with Gasteiger partial charge < -0.3 is 24.1 Å². The summed E-state index contributed by atoms with van der Waals surface area (Å²) in [5.41, 5.74) is 2.33. The lowest BCUT2D eigenvalue weighted by atomic mass is 9.95. The summed E-state index contributed by atoms with van der Waals surface area (Å²) in [6, 6.07) is 5.60. The van der Waals surface area contributed by atoms with E-state index in [1.165, 1.54) is 18.4 Å². The van der Waals surface area contributed by atoms with Crippen molar-refractivity contribution in [3.8, 4) is 28.7 Å². The molecule has 0 bridgehead atoms. The van der Waals surface area contributed by atoms with Gasteiger partial charge in [-0.3, -0.25) is 4.79 Å². The number of allylic oxidation sites excluding steroid dienone is 2. The molecule has 6 heteroatoms. The molecule has 0 fully saturated rings. The van der Waals surface area contributed by atoms with Crippen LogP contribution in [0.25, 0.3) is 17.0 Å². The Labute approximate surface area is 179 Å². The molecule has 0 atom stereocenters. The van der Waals surface area contributed by atoms with Crippen LogP contribution in [0.3, 0.4) is 0 Å². The van der Waals surface area contributed by atoms with Gasteiger partial charge in [-0.15, -0.1) is 0 Å².